The van der Waals surface area contributed by atoms with Gasteiger partial charge in [-0.1, -0.05) is 52.3 Å². The zero-order valence-electron chi connectivity index (χ0n) is 14.3. The van der Waals surface area contributed by atoms with Gasteiger partial charge in [-0.05, 0) is 35.4 Å². The van der Waals surface area contributed by atoms with E-state index < -0.39 is 0 Å². The first-order chi connectivity index (χ1) is 13.1. The van der Waals surface area contributed by atoms with Crippen LogP contribution in [0.3, 0.4) is 0 Å². The molecule has 0 amide bonds. The largest absolute Gasteiger partial charge is 0.376 e. The number of hydrogen-bond donors (Lipinski definition) is 1. The van der Waals surface area contributed by atoms with Crippen LogP contribution < -0.4 is 5.32 Å². The summed E-state index contributed by atoms with van der Waals surface area (Å²) in [5, 5.41) is 14.5. The molecule has 134 valence electrons. The lowest BCUT2D eigenvalue weighted by atomic mass is 9.97. The molecule has 0 saturated heterocycles. The van der Waals surface area contributed by atoms with E-state index in [1.54, 1.807) is 12.1 Å². The van der Waals surface area contributed by atoms with Crippen molar-refractivity contribution in [2.24, 2.45) is 4.99 Å². The fraction of sp³-hybridized carbons (Fsp3) is 0.0952. The Labute approximate surface area is 165 Å². The van der Waals surface area contributed by atoms with Crippen molar-refractivity contribution in [2.75, 3.05) is 5.32 Å². The van der Waals surface area contributed by atoms with E-state index >= 15 is 0 Å². The number of fused-ring (bicyclic) bond motifs is 1. The first-order valence-electron chi connectivity index (χ1n) is 8.53. The fourth-order valence-corrected chi connectivity index (χ4v) is 3.43. The Hall–Kier alpha value is -2.99. The van der Waals surface area contributed by atoms with Crippen LogP contribution in [0.4, 0.5) is 17.1 Å². The van der Waals surface area contributed by atoms with Crippen LogP contribution in [0.5, 0.6) is 0 Å². The molecule has 0 aliphatic carbocycles. The van der Waals surface area contributed by atoms with Crippen molar-refractivity contribution in [3.8, 4) is 0 Å². The van der Waals surface area contributed by atoms with Crippen LogP contribution >= 0.6 is 15.9 Å². The summed E-state index contributed by atoms with van der Waals surface area (Å²) in [6.45, 7) is 0. The maximum Gasteiger partial charge on any atom is 0.269 e. The van der Waals surface area contributed by atoms with E-state index in [-0.39, 0.29) is 16.7 Å². The van der Waals surface area contributed by atoms with E-state index in [0.29, 0.717) is 6.42 Å². The summed E-state index contributed by atoms with van der Waals surface area (Å²) in [5.41, 5.74) is 4.95. The lowest BCUT2D eigenvalue weighted by Crippen LogP contribution is -2.14. The molecule has 27 heavy (non-hydrogen) atoms. The molecule has 0 bridgehead atoms. The molecule has 1 aliphatic heterocycles. The van der Waals surface area contributed by atoms with E-state index in [1.807, 2.05) is 60.7 Å². The van der Waals surface area contributed by atoms with Gasteiger partial charge >= 0.3 is 0 Å². The number of hydrogen-bond acceptors (Lipinski definition) is 4. The highest BCUT2D eigenvalue weighted by Gasteiger charge is 2.21. The predicted molar refractivity (Wildman–Crippen MR) is 111 cm³/mol. The van der Waals surface area contributed by atoms with Gasteiger partial charge in [0.25, 0.3) is 5.69 Å². The van der Waals surface area contributed by atoms with Crippen LogP contribution in [-0.2, 0) is 0 Å². The van der Waals surface area contributed by atoms with Crippen LogP contribution in [0.1, 0.15) is 23.6 Å². The van der Waals surface area contributed by atoms with Gasteiger partial charge in [-0.25, -0.2) is 0 Å². The van der Waals surface area contributed by atoms with E-state index in [1.165, 1.54) is 0 Å². The highest BCUT2D eigenvalue weighted by atomic mass is 79.9. The zero-order valence-corrected chi connectivity index (χ0v) is 15.9. The number of benzene rings is 3. The molecule has 0 saturated carbocycles. The standard InChI is InChI=1S/C21H16BrN3O2/c22-16-9-5-14(6-10-16)20-13-21(15-7-11-17(12-8-15)25(26)27)24-19-4-2-1-3-18(19)23-20/h1-12,21,24H,13H2/t21-/m0/s1. The summed E-state index contributed by atoms with van der Waals surface area (Å²) in [4.78, 5) is 15.4. The number of rotatable bonds is 3. The number of nitrogens with zero attached hydrogens (tertiary/aromatic N) is 2. The number of nitro groups is 1. The number of halogens is 1. The Balaban J connectivity index is 1.75. The van der Waals surface area contributed by atoms with E-state index in [0.717, 1.165) is 32.7 Å². The minimum absolute atomic E-state index is 0.0307. The van der Waals surface area contributed by atoms with E-state index in [4.69, 9.17) is 4.99 Å². The number of non-ortho nitro benzene ring substituents is 1. The molecule has 5 nitrogen and oxygen atoms in total. The monoisotopic (exact) mass is 421 g/mol. The second-order valence-corrected chi connectivity index (χ2v) is 7.25. The Morgan fingerprint density at radius 1 is 1.00 bits per heavy atom. The van der Waals surface area contributed by atoms with E-state index in [9.17, 15) is 10.1 Å². The molecular formula is C21H16BrN3O2. The third-order valence-electron chi connectivity index (χ3n) is 4.57. The molecule has 0 fully saturated rings. The minimum atomic E-state index is -0.381. The van der Waals surface area contributed by atoms with Gasteiger partial charge < -0.3 is 5.32 Å². The minimum Gasteiger partial charge on any atom is -0.376 e. The molecule has 1 N–H and O–H groups in total. The summed E-state index contributed by atoms with van der Waals surface area (Å²) in [6, 6.07) is 22.7. The van der Waals surface area contributed by atoms with Gasteiger partial charge in [0.15, 0.2) is 0 Å². The zero-order chi connectivity index (χ0) is 18.8. The summed E-state index contributed by atoms with van der Waals surface area (Å²) >= 11 is 3.47. The average molecular weight is 422 g/mol. The maximum absolute atomic E-state index is 10.9. The lowest BCUT2D eigenvalue weighted by Gasteiger charge is -2.19. The molecule has 1 atom stereocenters. The molecule has 0 spiro atoms. The molecule has 3 aromatic carbocycles. The number of aliphatic imine (C=N–C) groups is 1. The number of nitrogens with one attached hydrogen (secondary N) is 1. The first kappa shape index (κ1) is 17.4. The average Bonchev–Trinajstić information content (AvgIpc) is 2.88. The summed E-state index contributed by atoms with van der Waals surface area (Å²) in [6.07, 6.45) is 0.675. The summed E-state index contributed by atoms with van der Waals surface area (Å²) < 4.78 is 1.02. The third-order valence-corrected chi connectivity index (χ3v) is 5.10. The van der Waals surface area contributed by atoms with Crippen LogP contribution in [-0.4, -0.2) is 10.6 Å². The molecule has 1 aliphatic rings. The van der Waals surface area contributed by atoms with Crippen molar-refractivity contribution in [3.05, 3.63) is 98.5 Å². The van der Waals surface area contributed by atoms with Crippen molar-refractivity contribution >= 4 is 38.7 Å². The number of para-hydroxylation sites is 2. The molecule has 0 aromatic heterocycles. The smallest absolute Gasteiger partial charge is 0.269 e. The van der Waals surface area contributed by atoms with Crippen LogP contribution in [0.15, 0.2) is 82.3 Å². The van der Waals surface area contributed by atoms with Crippen LogP contribution in [0.2, 0.25) is 0 Å². The van der Waals surface area contributed by atoms with Crippen molar-refractivity contribution in [1.29, 1.82) is 0 Å². The maximum atomic E-state index is 10.9. The molecular weight excluding hydrogens is 406 g/mol. The van der Waals surface area contributed by atoms with Crippen molar-refractivity contribution in [3.63, 3.8) is 0 Å². The van der Waals surface area contributed by atoms with Gasteiger partial charge in [0.1, 0.15) is 0 Å². The fourth-order valence-electron chi connectivity index (χ4n) is 3.17. The van der Waals surface area contributed by atoms with Crippen molar-refractivity contribution in [2.45, 2.75) is 12.5 Å². The Kier molecular flexibility index (Phi) is 4.73. The van der Waals surface area contributed by atoms with Gasteiger partial charge in [0.05, 0.1) is 28.1 Å². The first-order valence-corrected chi connectivity index (χ1v) is 9.33. The number of nitro benzene ring substituents is 1. The third kappa shape index (κ3) is 3.75. The molecule has 6 heteroatoms. The highest BCUT2D eigenvalue weighted by molar-refractivity contribution is 9.10. The highest BCUT2D eigenvalue weighted by Crippen LogP contribution is 2.35. The molecule has 4 rings (SSSR count). The summed E-state index contributed by atoms with van der Waals surface area (Å²) in [7, 11) is 0. The Bertz CT molecular complexity index is 1010. The molecule has 1 heterocycles. The SMILES string of the molecule is O=[N+]([O-])c1ccc([C@@H]2CC(c3ccc(Br)cc3)=Nc3ccccc3N2)cc1. The summed E-state index contributed by atoms with van der Waals surface area (Å²) in [5.74, 6) is 0. The van der Waals surface area contributed by atoms with Gasteiger partial charge in [-0.15, -0.1) is 0 Å². The second kappa shape index (κ2) is 7.32. The van der Waals surface area contributed by atoms with Crippen molar-refractivity contribution in [1.82, 2.24) is 0 Å². The molecule has 0 radical (unpaired) electrons. The van der Waals surface area contributed by atoms with Gasteiger partial charge in [-0.2, -0.15) is 0 Å². The predicted octanol–water partition coefficient (Wildman–Crippen LogP) is 6.04. The Morgan fingerprint density at radius 3 is 2.41 bits per heavy atom. The Morgan fingerprint density at radius 2 is 1.70 bits per heavy atom. The lowest BCUT2D eigenvalue weighted by molar-refractivity contribution is -0.384. The second-order valence-electron chi connectivity index (χ2n) is 6.33. The van der Waals surface area contributed by atoms with Crippen LogP contribution in [0, 0.1) is 10.1 Å². The van der Waals surface area contributed by atoms with Gasteiger partial charge in [-0.3, -0.25) is 15.1 Å². The van der Waals surface area contributed by atoms with Crippen molar-refractivity contribution < 1.29 is 4.92 Å². The normalized spacial score (nSPS) is 15.9. The quantitative estimate of drug-likeness (QED) is 0.414. The number of anilines is 1. The molecule has 0 unspecified atom stereocenters. The van der Waals surface area contributed by atoms with Crippen LogP contribution in [0.25, 0.3) is 0 Å². The van der Waals surface area contributed by atoms with Gasteiger partial charge in [0.2, 0.25) is 0 Å². The van der Waals surface area contributed by atoms with E-state index in [2.05, 4.69) is 21.2 Å². The topological polar surface area (TPSA) is 67.5 Å². The van der Waals surface area contributed by atoms with Gasteiger partial charge in [0, 0.05) is 23.0 Å². The molecule has 3 aromatic rings.